The predicted octanol–water partition coefficient (Wildman–Crippen LogP) is 4.13. The molecule has 1 aliphatic rings. The number of sulfonamides is 1. The van der Waals surface area contributed by atoms with E-state index in [-0.39, 0.29) is 18.7 Å². The molecule has 170 valence electrons. The maximum absolute atomic E-state index is 12.8. The van der Waals surface area contributed by atoms with E-state index in [4.69, 9.17) is 4.84 Å². The fourth-order valence-electron chi connectivity index (χ4n) is 3.30. The highest BCUT2D eigenvalue weighted by atomic mass is 32.2. The molecule has 0 radical (unpaired) electrons. The molecular weight excluding hydrogens is 450 g/mol. The quantitative estimate of drug-likeness (QED) is 0.671. The molecule has 0 amide bonds. The van der Waals surface area contributed by atoms with E-state index < -0.39 is 44.8 Å². The number of rotatable bonds is 5. The molecule has 0 spiro atoms. The molecule has 1 fully saturated rings. The fraction of sp³-hybridized carbons (Fsp3) is 0.368. The first-order valence-electron chi connectivity index (χ1n) is 8.96. The van der Waals surface area contributed by atoms with Crippen molar-refractivity contribution in [3.8, 4) is 0 Å². The lowest BCUT2D eigenvalue weighted by Gasteiger charge is -2.23. The molecule has 1 heterocycles. The Labute approximate surface area is 174 Å². The van der Waals surface area contributed by atoms with Gasteiger partial charge in [-0.2, -0.15) is 31.4 Å². The van der Waals surface area contributed by atoms with Crippen molar-refractivity contribution in [3.63, 3.8) is 0 Å². The van der Waals surface area contributed by atoms with Crippen LogP contribution in [0.25, 0.3) is 0 Å². The Bertz CT molecular complexity index is 1020. The zero-order chi connectivity index (χ0) is 23.0. The number of hydrogen-bond donors (Lipinski definition) is 1. The Morgan fingerprint density at radius 2 is 1.61 bits per heavy atom. The molecule has 0 unspecified atom stereocenters. The van der Waals surface area contributed by atoms with Crippen molar-refractivity contribution in [3.05, 3.63) is 70.8 Å². The van der Waals surface area contributed by atoms with Crippen LogP contribution < -0.4 is 4.72 Å². The molecule has 2 atom stereocenters. The van der Waals surface area contributed by atoms with Gasteiger partial charge in [-0.1, -0.05) is 30.3 Å². The summed E-state index contributed by atoms with van der Waals surface area (Å²) in [5.41, 5.74) is -1.38. The third-order valence-corrected chi connectivity index (χ3v) is 6.63. The molecule has 1 saturated heterocycles. The molecule has 31 heavy (non-hydrogen) atoms. The van der Waals surface area contributed by atoms with E-state index in [9.17, 15) is 34.8 Å². The van der Waals surface area contributed by atoms with Crippen molar-refractivity contribution < 1.29 is 39.6 Å². The van der Waals surface area contributed by atoms with E-state index in [0.29, 0.717) is 5.56 Å². The molecule has 0 saturated carbocycles. The zero-order valence-corrected chi connectivity index (χ0v) is 16.9. The van der Waals surface area contributed by atoms with Crippen molar-refractivity contribution >= 4 is 10.0 Å². The minimum atomic E-state index is -4.56. The second kappa shape index (κ2) is 8.41. The highest BCUT2D eigenvalue weighted by Crippen LogP contribution is 2.36. The molecule has 1 N–H and O–H groups in total. The smallest absolute Gasteiger partial charge is 0.297 e. The average Bonchev–Trinajstić information content (AvgIpc) is 3.08. The summed E-state index contributed by atoms with van der Waals surface area (Å²) in [6.45, 7) is -0.647. The van der Waals surface area contributed by atoms with Crippen LogP contribution in [0.1, 0.15) is 28.3 Å². The summed E-state index contributed by atoms with van der Waals surface area (Å²) in [4.78, 5) is 5.28. The monoisotopic (exact) mass is 468 g/mol. The number of benzene rings is 2. The maximum Gasteiger partial charge on any atom is 0.416 e. The van der Waals surface area contributed by atoms with Gasteiger partial charge < -0.3 is 0 Å². The second-order valence-corrected chi connectivity index (χ2v) is 8.99. The van der Waals surface area contributed by atoms with Crippen molar-refractivity contribution in [2.24, 2.45) is 0 Å². The van der Waals surface area contributed by atoms with Gasteiger partial charge in [0.2, 0.25) is 10.0 Å². The molecule has 12 heteroatoms. The first kappa shape index (κ1) is 23.5. The van der Waals surface area contributed by atoms with Gasteiger partial charge in [-0.25, -0.2) is 13.1 Å². The van der Waals surface area contributed by atoms with Crippen molar-refractivity contribution in [1.29, 1.82) is 0 Å². The minimum absolute atomic E-state index is 0.108. The topological polar surface area (TPSA) is 58.6 Å². The summed E-state index contributed by atoms with van der Waals surface area (Å²) >= 11 is 0. The summed E-state index contributed by atoms with van der Waals surface area (Å²) in [7, 11) is -2.65. The lowest BCUT2D eigenvalue weighted by molar-refractivity contribution is -0.138. The first-order chi connectivity index (χ1) is 14.3. The molecule has 0 aromatic heterocycles. The average molecular weight is 468 g/mol. The number of hydrogen-bond acceptors (Lipinski definition) is 4. The summed E-state index contributed by atoms with van der Waals surface area (Å²) in [6, 6.07) is 7.38. The van der Waals surface area contributed by atoms with Gasteiger partial charge in [0.1, 0.15) is 5.25 Å². The molecule has 5 nitrogen and oxygen atoms in total. The van der Waals surface area contributed by atoms with Crippen molar-refractivity contribution in [2.75, 3.05) is 13.7 Å². The third kappa shape index (κ3) is 5.37. The summed E-state index contributed by atoms with van der Waals surface area (Å²) in [6.07, 6.45) is -9.10. The molecule has 0 aliphatic carbocycles. The van der Waals surface area contributed by atoms with Crippen molar-refractivity contribution in [1.82, 2.24) is 9.79 Å². The van der Waals surface area contributed by atoms with Gasteiger partial charge in [0.25, 0.3) is 0 Å². The van der Waals surface area contributed by atoms with E-state index in [2.05, 4.69) is 4.72 Å². The number of alkyl halides is 6. The predicted molar refractivity (Wildman–Crippen MR) is 98.9 cm³/mol. The van der Waals surface area contributed by atoms with Crippen LogP contribution in [0.3, 0.4) is 0 Å². The van der Waals surface area contributed by atoms with E-state index in [1.807, 2.05) is 0 Å². The van der Waals surface area contributed by atoms with Gasteiger partial charge in [-0.3, -0.25) is 4.84 Å². The van der Waals surface area contributed by atoms with Gasteiger partial charge >= 0.3 is 12.4 Å². The minimum Gasteiger partial charge on any atom is -0.297 e. The van der Waals surface area contributed by atoms with Gasteiger partial charge in [-0.05, 0) is 29.3 Å². The SMILES string of the molecule is CN1OC[C@H](S(=O)(=O)NCc2cccc(C(F)(F)F)c2)[C@H]1c1ccc(C(F)(F)F)cc1. The molecule has 0 bridgehead atoms. The Kier molecular flexibility index (Phi) is 6.38. The zero-order valence-electron chi connectivity index (χ0n) is 16.0. The highest BCUT2D eigenvalue weighted by molar-refractivity contribution is 7.90. The molecule has 2 aromatic rings. The standard InChI is InChI=1S/C19H18F6N2O3S/c1-27-17(13-5-7-14(8-6-13)18(20,21)22)16(11-30-27)31(28,29)26-10-12-3-2-4-15(9-12)19(23,24)25/h2-9,16-17,26H,10-11H2,1H3/t16-,17+/m0/s1. The Morgan fingerprint density at radius 3 is 2.19 bits per heavy atom. The van der Waals surface area contributed by atoms with Crippen LogP contribution in [0.5, 0.6) is 0 Å². The summed E-state index contributed by atoms with van der Waals surface area (Å²) in [5.74, 6) is 0. The maximum atomic E-state index is 12.8. The first-order valence-corrected chi connectivity index (χ1v) is 10.5. The highest BCUT2D eigenvalue weighted by Gasteiger charge is 2.43. The van der Waals surface area contributed by atoms with Crippen LogP contribution in [-0.4, -0.2) is 32.4 Å². The van der Waals surface area contributed by atoms with Gasteiger partial charge in [-0.15, -0.1) is 0 Å². The van der Waals surface area contributed by atoms with E-state index in [0.717, 1.165) is 24.3 Å². The summed E-state index contributed by atoms with van der Waals surface area (Å²) < 4.78 is 105. The third-order valence-electron chi connectivity index (χ3n) is 4.90. The Morgan fingerprint density at radius 1 is 1.00 bits per heavy atom. The lowest BCUT2D eigenvalue weighted by Crippen LogP contribution is -2.39. The Hall–Kier alpha value is -2.15. The van der Waals surface area contributed by atoms with Gasteiger partial charge in [0.15, 0.2) is 0 Å². The molecule has 3 rings (SSSR count). The van der Waals surface area contributed by atoms with Gasteiger partial charge in [0, 0.05) is 13.6 Å². The number of nitrogens with zero attached hydrogens (tertiary/aromatic N) is 1. The molecule has 2 aromatic carbocycles. The van der Waals surface area contributed by atoms with E-state index in [1.165, 1.54) is 36.4 Å². The van der Waals surface area contributed by atoms with Crippen LogP contribution in [0.15, 0.2) is 48.5 Å². The van der Waals surface area contributed by atoms with E-state index in [1.54, 1.807) is 0 Å². The second-order valence-electron chi connectivity index (χ2n) is 7.01. The number of nitrogens with one attached hydrogen (secondary N) is 1. The van der Waals surface area contributed by atoms with Gasteiger partial charge in [0.05, 0.1) is 23.8 Å². The van der Waals surface area contributed by atoms with Crippen LogP contribution >= 0.6 is 0 Å². The van der Waals surface area contributed by atoms with Crippen LogP contribution in [0, 0.1) is 0 Å². The largest absolute Gasteiger partial charge is 0.416 e. The fourth-order valence-corrected chi connectivity index (χ4v) is 4.79. The summed E-state index contributed by atoms with van der Waals surface area (Å²) in [5, 5.41) is 0.0524. The van der Waals surface area contributed by atoms with Crippen LogP contribution in [0.4, 0.5) is 26.3 Å². The van der Waals surface area contributed by atoms with Crippen LogP contribution in [-0.2, 0) is 33.8 Å². The number of halogens is 6. The molecular formula is C19H18F6N2O3S. The van der Waals surface area contributed by atoms with E-state index >= 15 is 0 Å². The molecule has 1 aliphatic heterocycles. The lowest BCUT2D eigenvalue weighted by atomic mass is 10.0. The normalized spacial score (nSPS) is 20.9. The Balaban J connectivity index is 1.78. The van der Waals surface area contributed by atoms with Crippen LogP contribution in [0.2, 0.25) is 0 Å². The number of hydroxylamine groups is 2. The van der Waals surface area contributed by atoms with Crippen molar-refractivity contribution in [2.45, 2.75) is 30.2 Å².